The zero-order valence-electron chi connectivity index (χ0n) is 27.8. The van der Waals surface area contributed by atoms with Gasteiger partial charge in [0.05, 0.1) is 33.7 Å². The lowest BCUT2D eigenvalue weighted by Crippen LogP contribution is -2.43. The molecule has 2 aliphatic heterocycles. The van der Waals surface area contributed by atoms with Crippen molar-refractivity contribution in [3.63, 3.8) is 0 Å². The summed E-state index contributed by atoms with van der Waals surface area (Å²) in [4.78, 5) is 30.6. The Kier molecular flexibility index (Phi) is 9.78. The SMILES string of the molecule is CC[C@@H](Nc1nc2c(c(N[C@@H](CN3[C@H]4CCC[C@H]3CC4)c3scnc3C)n1)C[C@H](c1cccc(F)c1)CC2)C1CCC(C(=O)O)CC1. The van der Waals surface area contributed by atoms with Crippen molar-refractivity contribution in [3.8, 4) is 0 Å². The molecule has 3 N–H and O–H groups in total. The minimum Gasteiger partial charge on any atom is -0.481 e. The fourth-order valence-electron chi connectivity index (χ4n) is 9.07. The van der Waals surface area contributed by atoms with E-state index < -0.39 is 5.97 Å². The minimum absolute atomic E-state index is 0.0540. The third kappa shape index (κ3) is 7.05. The molecule has 2 saturated heterocycles. The zero-order valence-corrected chi connectivity index (χ0v) is 28.6. The topological polar surface area (TPSA) is 103 Å². The predicted molar refractivity (Wildman–Crippen MR) is 185 cm³/mol. The van der Waals surface area contributed by atoms with Crippen LogP contribution < -0.4 is 10.6 Å². The number of thiazole rings is 1. The highest BCUT2D eigenvalue weighted by molar-refractivity contribution is 7.09. The van der Waals surface area contributed by atoms with Crippen molar-refractivity contribution in [1.82, 2.24) is 19.9 Å². The average Bonchev–Trinajstić information content (AvgIpc) is 3.59. The summed E-state index contributed by atoms with van der Waals surface area (Å²) in [6.07, 6.45) is 13.1. The Balaban J connectivity index is 1.20. The second kappa shape index (κ2) is 14.2. The zero-order chi connectivity index (χ0) is 32.5. The third-order valence-corrected chi connectivity index (χ3v) is 12.7. The van der Waals surface area contributed by atoms with Crippen molar-refractivity contribution in [2.24, 2.45) is 11.8 Å². The number of aromatic nitrogens is 3. The molecule has 8 nitrogen and oxygen atoms in total. The van der Waals surface area contributed by atoms with Crippen molar-refractivity contribution in [2.45, 2.75) is 127 Å². The maximum absolute atomic E-state index is 14.3. The van der Waals surface area contributed by atoms with Gasteiger partial charge in [0.2, 0.25) is 5.95 Å². The lowest BCUT2D eigenvalue weighted by atomic mass is 9.78. The number of nitrogens with one attached hydrogen (secondary N) is 2. The molecule has 3 aromatic rings. The first-order valence-corrected chi connectivity index (χ1v) is 18.8. The molecule has 47 heavy (non-hydrogen) atoms. The van der Waals surface area contributed by atoms with Crippen LogP contribution in [0.5, 0.6) is 0 Å². The number of fused-ring (bicyclic) bond motifs is 3. The van der Waals surface area contributed by atoms with Gasteiger partial charge in [0.25, 0.3) is 0 Å². The van der Waals surface area contributed by atoms with E-state index in [1.54, 1.807) is 17.4 Å². The van der Waals surface area contributed by atoms with Crippen LogP contribution in [0.25, 0.3) is 0 Å². The van der Waals surface area contributed by atoms with Gasteiger partial charge in [-0.3, -0.25) is 9.69 Å². The average molecular weight is 661 g/mol. The quantitative estimate of drug-likeness (QED) is 0.191. The number of carbonyl (C=O) groups is 1. The van der Waals surface area contributed by atoms with Crippen molar-refractivity contribution in [3.05, 3.63) is 63.0 Å². The van der Waals surface area contributed by atoms with Crippen molar-refractivity contribution in [1.29, 1.82) is 0 Å². The van der Waals surface area contributed by atoms with Crippen LogP contribution in [0, 0.1) is 24.6 Å². The summed E-state index contributed by atoms with van der Waals surface area (Å²) in [5, 5.41) is 17.2. The number of carboxylic acid groups (broad SMARTS) is 1. The molecule has 5 atom stereocenters. The van der Waals surface area contributed by atoms with Gasteiger partial charge in [0.1, 0.15) is 11.6 Å². The molecule has 4 heterocycles. The number of carboxylic acids is 1. The molecular formula is C37H49FN6O2S. The Hall–Kier alpha value is -3.11. The smallest absolute Gasteiger partial charge is 0.306 e. The summed E-state index contributed by atoms with van der Waals surface area (Å²) >= 11 is 1.72. The molecule has 1 aromatic carbocycles. The summed E-state index contributed by atoms with van der Waals surface area (Å²) in [7, 11) is 0. The number of piperidine rings is 1. The first-order chi connectivity index (χ1) is 22.9. The molecule has 0 unspecified atom stereocenters. The summed E-state index contributed by atoms with van der Waals surface area (Å²) in [5.74, 6) is 1.04. The van der Waals surface area contributed by atoms with E-state index in [0.29, 0.717) is 23.9 Å². The maximum atomic E-state index is 14.3. The lowest BCUT2D eigenvalue weighted by molar-refractivity contribution is -0.143. The van der Waals surface area contributed by atoms with Gasteiger partial charge in [-0.2, -0.15) is 4.98 Å². The first kappa shape index (κ1) is 32.4. The molecular weight excluding hydrogens is 612 g/mol. The molecule has 0 amide bonds. The minimum atomic E-state index is -0.668. The standard InChI is InChI=1S/C37H49FN6O2S/c1-3-31(23-10-12-24(13-11-23)36(45)46)41-37-42-32-17-14-26(25-6-4-7-27(38)18-25)19-30(32)35(43-37)40-33(34-22(2)39-21-47-34)20-44-28-8-5-9-29(44)16-15-28/h4,6-7,18,21,23-24,26,28-29,31,33H,3,5,8-17,19-20H2,1-2H3,(H,45,46)(H2,40,41,42,43)/t23?,24?,26-,28+,29+,31-,33+/m1/s1. The van der Waals surface area contributed by atoms with Gasteiger partial charge in [-0.05, 0) is 114 Å². The molecule has 4 aliphatic rings. The van der Waals surface area contributed by atoms with E-state index in [4.69, 9.17) is 9.97 Å². The van der Waals surface area contributed by atoms with Crippen molar-refractivity contribution in [2.75, 3.05) is 17.2 Å². The van der Waals surface area contributed by atoms with Gasteiger partial charge >= 0.3 is 5.97 Å². The Labute approximate surface area is 282 Å². The highest BCUT2D eigenvalue weighted by atomic mass is 32.1. The Bertz CT molecular complexity index is 1540. The number of hydrogen-bond acceptors (Lipinski definition) is 8. The molecule has 2 aromatic heterocycles. The largest absolute Gasteiger partial charge is 0.481 e. The van der Waals surface area contributed by atoms with E-state index in [2.05, 4.69) is 34.4 Å². The van der Waals surface area contributed by atoms with E-state index in [0.717, 1.165) is 86.2 Å². The van der Waals surface area contributed by atoms with Gasteiger partial charge < -0.3 is 15.7 Å². The fourth-order valence-corrected chi connectivity index (χ4v) is 9.91. The van der Waals surface area contributed by atoms with Crippen LogP contribution in [0.4, 0.5) is 16.2 Å². The summed E-state index contributed by atoms with van der Waals surface area (Å²) in [5.41, 5.74) is 6.27. The molecule has 10 heteroatoms. The van der Waals surface area contributed by atoms with Crippen molar-refractivity contribution >= 4 is 29.1 Å². The van der Waals surface area contributed by atoms with E-state index in [9.17, 15) is 14.3 Å². The summed E-state index contributed by atoms with van der Waals surface area (Å²) in [6, 6.07) is 8.60. The van der Waals surface area contributed by atoms with Crippen molar-refractivity contribution < 1.29 is 14.3 Å². The number of aliphatic carboxylic acids is 1. The van der Waals surface area contributed by atoms with E-state index in [1.165, 1.54) is 43.0 Å². The molecule has 0 spiro atoms. The van der Waals surface area contributed by atoms with Gasteiger partial charge in [0.15, 0.2) is 0 Å². The van der Waals surface area contributed by atoms with Crippen LogP contribution >= 0.6 is 11.3 Å². The van der Waals surface area contributed by atoms with E-state index >= 15 is 0 Å². The number of benzene rings is 1. The van der Waals surface area contributed by atoms with Crippen LogP contribution in [0.1, 0.15) is 117 Å². The number of halogens is 1. The van der Waals surface area contributed by atoms with E-state index in [-0.39, 0.29) is 29.7 Å². The van der Waals surface area contributed by atoms with Crippen LogP contribution in [0.3, 0.4) is 0 Å². The molecule has 252 valence electrons. The molecule has 3 fully saturated rings. The van der Waals surface area contributed by atoms with Crippen LogP contribution in [-0.2, 0) is 17.6 Å². The second-order valence-electron chi connectivity index (χ2n) is 14.4. The molecule has 1 saturated carbocycles. The predicted octanol–water partition coefficient (Wildman–Crippen LogP) is 7.90. The van der Waals surface area contributed by atoms with Gasteiger partial charge in [0, 0.05) is 30.2 Å². The van der Waals surface area contributed by atoms with Gasteiger partial charge in [-0.1, -0.05) is 25.5 Å². The maximum Gasteiger partial charge on any atom is 0.306 e. The van der Waals surface area contributed by atoms with Gasteiger partial charge in [-0.25, -0.2) is 14.4 Å². The number of aryl methyl sites for hydroxylation is 2. The highest BCUT2D eigenvalue weighted by Gasteiger charge is 2.39. The van der Waals surface area contributed by atoms with Crippen LogP contribution in [-0.4, -0.2) is 55.6 Å². The Morgan fingerprint density at radius 2 is 1.85 bits per heavy atom. The fraction of sp³-hybridized carbons (Fsp3) is 0.622. The summed E-state index contributed by atoms with van der Waals surface area (Å²) < 4.78 is 14.3. The van der Waals surface area contributed by atoms with Crippen LogP contribution in [0.15, 0.2) is 29.8 Å². The summed E-state index contributed by atoms with van der Waals surface area (Å²) in [6.45, 7) is 5.23. The van der Waals surface area contributed by atoms with E-state index in [1.807, 2.05) is 17.6 Å². The normalized spacial score (nSPS) is 27.2. The molecule has 2 aliphatic carbocycles. The van der Waals surface area contributed by atoms with Crippen LogP contribution in [0.2, 0.25) is 0 Å². The number of nitrogens with zero attached hydrogens (tertiary/aromatic N) is 4. The first-order valence-electron chi connectivity index (χ1n) is 17.9. The second-order valence-corrected chi connectivity index (χ2v) is 15.3. The Morgan fingerprint density at radius 3 is 2.53 bits per heavy atom. The third-order valence-electron chi connectivity index (χ3n) is 11.7. The number of hydrogen-bond donors (Lipinski definition) is 3. The molecule has 0 radical (unpaired) electrons. The number of anilines is 2. The molecule has 7 rings (SSSR count). The highest BCUT2D eigenvalue weighted by Crippen LogP contribution is 2.41. The lowest BCUT2D eigenvalue weighted by Gasteiger charge is -2.38. The van der Waals surface area contributed by atoms with Gasteiger partial charge in [-0.15, -0.1) is 11.3 Å². The Morgan fingerprint density at radius 1 is 1.06 bits per heavy atom. The number of rotatable bonds is 11. The molecule has 2 bridgehead atoms. The monoisotopic (exact) mass is 660 g/mol.